The number of benzene rings is 3. The summed E-state index contributed by atoms with van der Waals surface area (Å²) >= 11 is 0. The fraction of sp³-hybridized carbons (Fsp3) is 0.167. The van der Waals surface area contributed by atoms with Gasteiger partial charge < -0.3 is 10.6 Å². The van der Waals surface area contributed by atoms with Gasteiger partial charge in [-0.2, -0.15) is 0 Å². The lowest BCUT2D eigenvalue weighted by molar-refractivity contribution is 0.0993. The molecule has 28 heavy (non-hydrogen) atoms. The van der Waals surface area contributed by atoms with Crippen LogP contribution in [0.3, 0.4) is 0 Å². The number of carbonyl (C=O) groups is 2. The predicted octanol–water partition coefficient (Wildman–Crippen LogP) is 5.88. The first-order valence-electron chi connectivity index (χ1n) is 9.36. The summed E-state index contributed by atoms with van der Waals surface area (Å²) in [4.78, 5) is 24.5. The molecule has 3 aromatic rings. The van der Waals surface area contributed by atoms with Crippen molar-refractivity contribution in [1.29, 1.82) is 0 Å². The third-order valence-electron chi connectivity index (χ3n) is 4.51. The zero-order valence-electron chi connectivity index (χ0n) is 16.1. The Kier molecular flexibility index (Phi) is 6.22. The highest BCUT2D eigenvalue weighted by molar-refractivity contribution is 6.00. The molecule has 0 saturated carbocycles. The second-order valence-corrected chi connectivity index (χ2v) is 7.02. The van der Waals surface area contributed by atoms with E-state index in [1.54, 1.807) is 12.1 Å². The minimum Gasteiger partial charge on any atom is -0.308 e. The Morgan fingerprint density at radius 2 is 1.32 bits per heavy atom. The van der Waals surface area contributed by atoms with Crippen molar-refractivity contribution in [2.24, 2.45) is 0 Å². The largest absolute Gasteiger partial charge is 0.323 e. The van der Waals surface area contributed by atoms with Crippen LogP contribution < -0.4 is 10.6 Å². The summed E-state index contributed by atoms with van der Waals surface area (Å²) in [6.07, 6.45) is 0.331. The molecule has 2 amide bonds. The second-order valence-electron chi connectivity index (χ2n) is 7.02. The van der Waals surface area contributed by atoms with Crippen LogP contribution in [-0.4, -0.2) is 11.8 Å². The molecule has 0 spiro atoms. The molecule has 0 aliphatic heterocycles. The van der Waals surface area contributed by atoms with E-state index in [1.807, 2.05) is 66.7 Å². The fourth-order valence-electron chi connectivity index (χ4n) is 2.86. The minimum absolute atomic E-state index is 0.0813. The molecule has 3 aromatic carbocycles. The molecule has 4 heteroatoms. The monoisotopic (exact) mass is 372 g/mol. The van der Waals surface area contributed by atoms with Crippen molar-refractivity contribution in [2.75, 3.05) is 10.6 Å². The third kappa shape index (κ3) is 5.30. The molecular formula is C24H24N2O2. The Morgan fingerprint density at radius 1 is 0.750 bits per heavy atom. The quantitative estimate of drug-likeness (QED) is 0.531. The van der Waals surface area contributed by atoms with Gasteiger partial charge >= 0.3 is 6.03 Å². The first kappa shape index (κ1) is 19.4. The van der Waals surface area contributed by atoms with Crippen LogP contribution in [0.5, 0.6) is 0 Å². The number of para-hydroxylation sites is 1. The van der Waals surface area contributed by atoms with Gasteiger partial charge in [0.2, 0.25) is 0 Å². The molecule has 142 valence electrons. The summed E-state index contributed by atoms with van der Waals surface area (Å²) in [5.41, 5.74) is 4.25. The van der Waals surface area contributed by atoms with E-state index in [0.717, 1.165) is 11.3 Å². The smallest absolute Gasteiger partial charge is 0.308 e. The Bertz CT molecular complexity index is 931. The molecule has 0 atom stereocenters. The van der Waals surface area contributed by atoms with E-state index in [-0.39, 0.29) is 11.8 Å². The Balaban J connectivity index is 1.56. The maximum Gasteiger partial charge on any atom is 0.323 e. The van der Waals surface area contributed by atoms with Crippen LogP contribution in [0, 0.1) is 0 Å². The highest BCUT2D eigenvalue weighted by Gasteiger charge is 2.09. The van der Waals surface area contributed by atoms with Crippen molar-refractivity contribution in [3.05, 3.63) is 95.6 Å². The van der Waals surface area contributed by atoms with Gasteiger partial charge in [0.15, 0.2) is 5.78 Å². The highest BCUT2D eigenvalue weighted by atomic mass is 16.2. The van der Waals surface area contributed by atoms with Crippen molar-refractivity contribution >= 4 is 23.2 Å². The van der Waals surface area contributed by atoms with Crippen LogP contribution in [0.15, 0.2) is 78.9 Å². The molecule has 0 aliphatic carbocycles. The summed E-state index contributed by atoms with van der Waals surface area (Å²) in [5, 5.41) is 5.55. The van der Waals surface area contributed by atoms with E-state index in [1.165, 1.54) is 5.56 Å². The molecule has 0 heterocycles. The molecule has 0 radical (unpaired) electrons. The van der Waals surface area contributed by atoms with Gasteiger partial charge in [-0.05, 0) is 41.3 Å². The van der Waals surface area contributed by atoms with Gasteiger partial charge in [0, 0.05) is 23.4 Å². The van der Waals surface area contributed by atoms with Gasteiger partial charge in [-0.1, -0.05) is 68.4 Å². The predicted molar refractivity (Wildman–Crippen MR) is 114 cm³/mol. The zero-order valence-corrected chi connectivity index (χ0v) is 16.1. The van der Waals surface area contributed by atoms with Gasteiger partial charge in [-0.3, -0.25) is 4.79 Å². The standard InChI is InChI=1S/C24H24N2O2/c1-17(2)19-10-12-20(13-11-19)23(27)16-18-8-14-22(15-9-18)26-24(28)25-21-6-4-3-5-7-21/h3-15,17H,16H2,1-2H3,(H2,25,26,28). The molecule has 0 saturated heterocycles. The molecule has 3 rings (SSSR count). The average Bonchev–Trinajstić information content (AvgIpc) is 2.70. The lowest BCUT2D eigenvalue weighted by Crippen LogP contribution is -2.19. The van der Waals surface area contributed by atoms with Gasteiger partial charge in [0.05, 0.1) is 0 Å². The van der Waals surface area contributed by atoms with Crippen LogP contribution >= 0.6 is 0 Å². The Labute approximate surface area is 165 Å². The molecule has 0 unspecified atom stereocenters. The van der Waals surface area contributed by atoms with Gasteiger partial charge in [0.1, 0.15) is 0 Å². The van der Waals surface area contributed by atoms with Gasteiger partial charge in [0.25, 0.3) is 0 Å². The van der Waals surface area contributed by atoms with Crippen LogP contribution in [0.2, 0.25) is 0 Å². The van der Waals surface area contributed by atoms with Gasteiger partial charge in [-0.15, -0.1) is 0 Å². The molecule has 0 aliphatic rings. The van der Waals surface area contributed by atoms with E-state index in [2.05, 4.69) is 24.5 Å². The number of urea groups is 1. The first-order chi connectivity index (χ1) is 13.5. The highest BCUT2D eigenvalue weighted by Crippen LogP contribution is 2.17. The fourth-order valence-corrected chi connectivity index (χ4v) is 2.86. The third-order valence-corrected chi connectivity index (χ3v) is 4.51. The van der Waals surface area contributed by atoms with Crippen LogP contribution in [0.25, 0.3) is 0 Å². The number of Topliss-reactive ketones (excluding diaryl/α,β-unsaturated/α-hetero) is 1. The molecule has 0 aromatic heterocycles. The van der Waals surface area contributed by atoms with Crippen LogP contribution in [-0.2, 0) is 6.42 Å². The molecule has 2 N–H and O–H groups in total. The lowest BCUT2D eigenvalue weighted by Gasteiger charge is -2.09. The second kappa shape index (κ2) is 9.00. The summed E-state index contributed by atoms with van der Waals surface area (Å²) < 4.78 is 0. The number of rotatable bonds is 6. The van der Waals surface area contributed by atoms with E-state index in [9.17, 15) is 9.59 Å². The minimum atomic E-state index is -0.305. The number of anilines is 2. The van der Waals surface area contributed by atoms with Crippen molar-refractivity contribution in [3.8, 4) is 0 Å². The number of amides is 2. The molecule has 0 fully saturated rings. The van der Waals surface area contributed by atoms with E-state index in [0.29, 0.717) is 23.6 Å². The number of carbonyl (C=O) groups excluding carboxylic acids is 2. The van der Waals surface area contributed by atoms with Crippen molar-refractivity contribution in [2.45, 2.75) is 26.2 Å². The normalized spacial score (nSPS) is 10.5. The summed E-state index contributed by atoms with van der Waals surface area (Å²) in [6.45, 7) is 4.26. The van der Waals surface area contributed by atoms with E-state index < -0.39 is 0 Å². The maximum absolute atomic E-state index is 12.5. The number of hydrogen-bond acceptors (Lipinski definition) is 2. The Hall–Kier alpha value is -3.40. The van der Waals surface area contributed by atoms with E-state index >= 15 is 0 Å². The molecule has 4 nitrogen and oxygen atoms in total. The average molecular weight is 372 g/mol. The van der Waals surface area contributed by atoms with Crippen molar-refractivity contribution in [1.82, 2.24) is 0 Å². The van der Waals surface area contributed by atoms with Crippen molar-refractivity contribution in [3.63, 3.8) is 0 Å². The summed E-state index contributed by atoms with van der Waals surface area (Å²) in [6, 6.07) is 24.1. The van der Waals surface area contributed by atoms with Crippen LogP contribution in [0.4, 0.5) is 16.2 Å². The maximum atomic E-state index is 12.5. The lowest BCUT2D eigenvalue weighted by atomic mass is 9.98. The first-order valence-corrected chi connectivity index (χ1v) is 9.36. The number of nitrogens with one attached hydrogen (secondary N) is 2. The SMILES string of the molecule is CC(C)c1ccc(C(=O)Cc2ccc(NC(=O)Nc3ccccc3)cc2)cc1. The summed E-state index contributed by atoms with van der Waals surface area (Å²) in [5.74, 6) is 0.529. The molecular weight excluding hydrogens is 348 g/mol. The van der Waals surface area contributed by atoms with E-state index in [4.69, 9.17) is 0 Å². The number of hydrogen-bond donors (Lipinski definition) is 2. The summed E-state index contributed by atoms with van der Waals surface area (Å²) in [7, 11) is 0. The number of ketones is 1. The molecule has 0 bridgehead atoms. The van der Waals surface area contributed by atoms with Gasteiger partial charge in [-0.25, -0.2) is 4.79 Å². The van der Waals surface area contributed by atoms with Crippen molar-refractivity contribution < 1.29 is 9.59 Å². The zero-order chi connectivity index (χ0) is 19.9. The van der Waals surface area contributed by atoms with Crippen LogP contribution in [0.1, 0.15) is 41.3 Å². The Morgan fingerprint density at radius 3 is 1.89 bits per heavy atom. The topological polar surface area (TPSA) is 58.2 Å².